The second-order valence-electron chi connectivity index (χ2n) is 3.60. The summed E-state index contributed by atoms with van der Waals surface area (Å²) in [5.74, 6) is 0.987. The van der Waals surface area contributed by atoms with Crippen LogP contribution in [-0.4, -0.2) is 48.3 Å². The molecule has 0 N–H and O–H groups in total. The van der Waals surface area contributed by atoms with Crippen LogP contribution in [0.25, 0.3) is 0 Å². The highest BCUT2D eigenvalue weighted by molar-refractivity contribution is 5.40. The van der Waals surface area contributed by atoms with E-state index in [9.17, 15) is 0 Å². The molecule has 1 aliphatic rings. The zero-order chi connectivity index (χ0) is 9.26. The molecule has 2 rings (SSSR count). The summed E-state index contributed by atoms with van der Waals surface area (Å²) in [6.07, 6.45) is 1.70. The maximum atomic E-state index is 4.05. The third-order valence-electron chi connectivity index (χ3n) is 2.47. The van der Waals surface area contributed by atoms with Gasteiger partial charge in [-0.2, -0.15) is 5.10 Å². The molecule has 1 fully saturated rings. The summed E-state index contributed by atoms with van der Waals surface area (Å²) in [4.78, 5) is 4.48. The number of rotatable bonds is 2. The molecular weight excluding hydrogens is 164 g/mol. The molecule has 0 atom stereocenters. The summed E-state index contributed by atoms with van der Waals surface area (Å²) in [6.45, 7) is 2.12. The fourth-order valence-electron chi connectivity index (χ4n) is 1.43. The minimum atomic E-state index is 0.669. The van der Waals surface area contributed by atoms with Gasteiger partial charge >= 0.3 is 0 Å². The summed E-state index contributed by atoms with van der Waals surface area (Å²) >= 11 is 0. The number of nitrogens with zero attached hydrogens (tertiary/aromatic N) is 4. The maximum absolute atomic E-state index is 4.05. The maximum Gasteiger partial charge on any atom is 0.151 e. The van der Waals surface area contributed by atoms with Gasteiger partial charge in [0.25, 0.3) is 0 Å². The second-order valence-corrected chi connectivity index (χ2v) is 3.60. The van der Waals surface area contributed by atoms with Crippen molar-refractivity contribution in [3.8, 4) is 0 Å². The number of hydrogen-bond acceptors (Lipinski definition) is 4. The monoisotopic (exact) mass is 178 g/mol. The Bertz CT molecular complexity index is 266. The second kappa shape index (κ2) is 3.30. The molecule has 1 aromatic heterocycles. The van der Waals surface area contributed by atoms with Crippen molar-refractivity contribution in [2.24, 2.45) is 0 Å². The number of likely N-dealkylation sites (N-methyl/N-ethyl adjacent to an activating group) is 1. The van der Waals surface area contributed by atoms with Gasteiger partial charge in [0.15, 0.2) is 5.82 Å². The van der Waals surface area contributed by atoms with Gasteiger partial charge in [0.05, 0.1) is 0 Å². The molecule has 0 radical (unpaired) electrons. The van der Waals surface area contributed by atoms with E-state index >= 15 is 0 Å². The Kier molecular flexibility index (Phi) is 2.14. The van der Waals surface area contributed by atoms with Crippen molar-refractivity contribution in [2.75, 3.05) is 32.1 Å². The predicted octanol–water partition coefficient (Wildman–Crippen LogP) is 0.227. The molecule has 0 aromatic carbocycles. The van der Waals surface area contributed by atoms with E-state index < -0.39 is 0 Å². The van der Waals surface area contributed by atoms with Crippen LogP contribution in [0.1, 0.15) is 0 Å². The van der Waals surface area contributed by atoms with Crippen LogP contribution in [-0.2, 0) is 0 Å². The molecular formula is C9H14N4. The van der Waals surface area contributed by atoms with Crippen LogP contribution in [0.4, 0.5) is 5.82 Å². The molecule has 1 aliphatic heterocycles. The lowest BCUT2D eigenvalue weighted by Crippen LogP contribution is -2.57. The minimum Gasteiger partial charge on any atom is -0.352 e. The summed E-state index contributed by atoms with van der Waals surface area (Å²) < 4.78 is 0. The molecule has 0 amide bonds. The van der Waals surface area contributed by atoms with Gasteiger partial charge in [-0.15, -0.1) is 5.10 Å². The van der Waals surface area contributed by atoms with E-state index in [2.05, 4.69) is 34.1 Å². The van der Waals surface area contributed by atoms with Crippen LogP contribution in [0.2, 0.25) is 0 Å². The van der Waals surface area contributed by atoms with Crippen LogP contribution in [0.5, 0.6) is 0 Å². The van der Waals surface area contributed by atoms with Crippen molar-refractivity contribution in [3.63, 3.8) is 0 Å². The Morgan fingerprint density at radius 3 is 2.77 bits per heavy atom. The Balaban J connectivity index is 1.94. The predicted molar refractivity (Wildman–Crippen MR) is 51.7 cm³/mol. The lowest BCUT2D eigenvalue weighted by molar-refractivity contribution is 0.246. The normalized spacial score (nSPS) is 17.6. The third-order valence-corrected chi connectivity index (χ3v) is 2.47. The van der Waals surface area contributed by atoms with E-state index in [1.807, 2.05) is 12.1 Å². The first kappa shape index (κ1) is 8.44. The van der Waals surface area contributed by atoms with Gasteiger partial charge in [-0.1, -0.05) is 0 Å². The molecule has 0 bridgehead atoms. The van der Waals surface area contributed by atoms with Crippen molar-refractivity contribution < 1.29 is 0 Å². The molecule has 1 aromatic rings. The molecule has 13 heavy (non-hydrogen) atoms. The van der Waals surface area contributed by atoms with E-state index in [1.165, 1.54) is 0 Å². The molecule has 1 saturated heterocycles. The van der Waals surface area contributed by atoms with Gasteiger partial charge in [0, 0.05) is 25.3 Å². The number of aromatic nitrogens is 2. The fourth-order valence-corrected chi connectivity index (χ4v) is 1.43. The van der Waals surface area contributed by atoms with Crippen LogP contribution >= 0.6 is 0 Å². The first-order valence-electron chi connectivity index (χ1n) is 4.46. The molecule has 70 valence electrons. The molecule has 4 nitrogen and oxygen atoms in total. The van der Waals surface area contributed by atoms with E-state index in [0.29, 0.717) is 6.04 Å². The van der Waals surface area contributed by atoms with Crippen LogP contribution in [0, 0.1) is 0 Å². The highest BCUT2D eigenvalue weighted by atomic mass is 15.3. The van der Waals surface area contributed by atoms with Crippen LogP contribution in [0.15, 0.2) is 18.3 Å². The summed E-state index contributed by atoms with van der Waals surface area (Å²) in [7, 11) is 4.22. The fraction of sp³-hybridized carbons (Fsp3) is 0.556. The van der Waals surface area contributed by atoms with Crippen molar-refractivity contribution in [2.45, 2.75) is 6.04 Å². The molecule has 0 spiro atoms. The standard InChI is InChI=1S/C9H14N4/c1-12(2)8-6-13(7-8)9-4-3-5-10-11-9/h3-5,8H,6-7H2,1-2H3. The first-order valence-corrected chi connectivity index (χ1v) is 4.46. The Labute approximate surface area is 78.2 Å². The highest BCUT2D eigenvalue weighted by Gasteiger charge is 2.28. The smallest absolute Gasteiger partial charge is 0.151 e. The Hall–Kier alpha value is -1.16. The zero-order valence-electron chi connectivity index (χ0n) is 8.01. The van der Waals surface area contributed by atoms with E-state index in [4.69, 9.17) is 0 Å². The molecule has 4 heteroatoms. The van der Waals surface area contributed by atoms with Gasteiger partial charge in [-0.05, 0) is 26.2 Å². The lowest BCUT2D eigenvalue weighted by atomic mass is 10.1. The van der Waals surface area contributed by atoms with Crippen molar-refractivity contribution >= 4 is 5.82 Å². The first-order chi connectivity index (χ1) is 6.27. The van der Waals surface area contributed by atoms with E-state index in [-0.39, 0.29) is 0 Å². The van der Waals surface area contributed by atoms with Gasteiger partial charge in [0.1, 0.15) is 0 Å². The topological polar surface area (TPSA) is 32.3 Å². The number of anilines is 1. The SMILES string of the molecule is CN(C)C1CN(c2cccnn2)C1. The van der Waals surface area contributed by atoms with Crippen molar-refractivity contribution in [1.29, 1.82) is 0 Å². The largest absolute Gasteiger partial charge is 0.352 e. The molecule has 0 saturated carbocycles. The number of hydrogen-bond donors (Lipinski definition) is 0. The average molecular weight is 178 g/mol. The Morgan fingerprint density at radius 1 is 1.46 bits per heavy atom. The average Bonchev–Trinajstić information content (AvgIpc) is 2.02. The molecule has 0 aliphatic carbocycles. The third kappa shape index (κ3) is 1.62. The van der Waals surface area contributed by atoms with Gasteiger partial charge in [-0.25, -0.2) is 0 Å². The van der Waals surface area contributed by atoms with Crippen LogP contribution in [0.3, 0.4) is 0 Å². The summed E-state index contributed by atoms with van der Waals surface area (Å²) in [5, 5.41) is 7.90. The summed E-state index contributed by atoms with van der Waals surface area (Å²) in [5.41, 5.74) is 0. The van der Waals surface area contributed by atoms with Gasteiger partial charge < -0.3 is 9.80 Å². The molecule has 2 heterocycles. The van der Waals surface area contributed by atoms with Gasteiger partial charge in [-0.3, -0.25) is 0 Å². The van der Waals surface area contributed by atoms with E-state index in [1.54, 1.807) is 6.20 Å². The van der Waals surface area contributed by atoms with Crippen LogP contribution < -0.4 is 4.90 Å². The molecule has 0 unspecified atom stereocenters. The minimum absolute atomic E-state index is 0.669. The summed E-state index contributed by atoms with van der Waals surface area (Å²) in [6, 6.07) is 4.59. The van der Waals surface area contributed by atoms with Gasteiger partial charge in [0.2, 0.25) is 0 Å². The van der Waals surface area contributed by atoms with E-state index in [0.717, 1.165) is 18.9 Å². The highest BCUT2D eigenvalue weighted by Crippen LogP contribution is 2.18. The zero-order valence-corrected chi connectivity index (χ0v) is 8.01. The van der Waals surface area contributed by atoms with Crippen molar-refractivity contribution in [3.05, 3.63) is 18.3 Å². The Morgan fingerprint density at radius 2 is 2.23 bits per heavy atom. The lowest BCUT2D eigenvalue weighted by Gasteiger charge is -2.43. The van der Waals surface area contributed by atoms with Crippen molar-refractivity contribution in [1.82, 2.24) is 15.1 Å². The quantitative estimate of drug-likeness (QED) is 0.649.